The summed E-state index contributed by atoms with van der Waals surface area (Å²) >= 11 is 0. The fourth-order valence-electron chi connectivity index (χ4n) is 4.57. The number of alkyl halides is 3. The first kappa shape index (κ1) is 24.9. The highest BCUT2D eigenvalue weighted by molar-refractivity contribution is 7.92. The largest absolute Gasteiger partial charge is 0.501 e. The summed E-state index contributed by atoms with van der Waals surface area (Å²) in [5.41, 5.74) is -4.46. The monoisotopic (exact) mass is 532 g/mol. The molecule has 8 nitrogen and oxygen atoms in total. The van der Waals surface area contributed by atoms with Crippen LogP contribution in [0, 0.1) is 0 Å². The summed E-state index contributed by atoms with van der Waals surface area (Å²) < 4.78 is 64.0. The van der Waals surface area contributed by atoms with Crippen LogP contribution in [-0.2, 0) is 16.4 Å². The Morgan fingerprint density at radius 2 is 1.65 bits per heavy atom. The summed E-state index contributed by atoms with van der Waals surface area (Å²) in [5, 5.41) is 11.3. The lowest BCUT2D eigenvalue weighted by atomic mass is 10.1. The number of aromatic nitrogens is 3. The van der Waals surface area contributed by atoms with Crippen LogP contribution in [-0.4, -0.2) is 46.2 Å². The number of aromatic hydroxyl groups is 1. The normalized spacial score (nSPS) is 14.8. The SMILES string of the molecule is O=c1n(Cc2cc(N3CCCCC3)nc3ccccc23)cc(O)n1-c1ccc(S(=O)(=O)C(F)(F)F)cc1. The van der Waals surface area contributed by atoms with Crippen molar-refractivity contribution in [2.45, 2.75) is 36.2 Å². The van der Waals surface area contributed by atoms with Crippen molar-refractivity contribution in [3.8, 4) is 11.6 Å². The maximum absolute atomic E-state index is 13.2. The van der Waals surface area contributed by atoms with E-state index in [4.69, 9.17) is 4.98 Å². The molecule has 12 heteroatoms. The highest BCUT2D eigenvalue weighted by Crippen LogP contribution is 2.31. The van der Waals surface area contributed by atoms with Crippen LogP contribution in [0.5, 0.6) is 5.88 Å². The lowest BCUT2D eigenvalue weighted by Gasteiger charge is -2.28. The van der Waals surface area contributed by atoms with Gasteiger partial charge in [-0.2, -0.15) is 13.2 Å². The van der Waals surface area contributed by atoms with Gasteiger partial charge in [0, 0.05) is 18.5 Å². The number of halogens is 3. The first-order valence-electron chi connectivity index (χ1n) is 11.6. The van der Waals surface area contributed by atoms with Gasteiger partial charge in [-0.3, -0.25) is 4.57 Å². The zero-order chi connectivity index (χ0) is 26.4. The van der Waals surface area contributed by atoms with Gasteiger partial charge in [-0.1, -0.05) is 18.2 Å². The predicted molar refractivity (Wildman–Crippen MR) is 132 cm³/mol. The standard InChI is InChI=1S/C25H23F3N4O4S/c26-25(27,28)37(35,36)19-10-8-18(9-11-19)32-23(33)16-31(24(32)34)15-17-14-22(30-12-4-1-5-13-30)29-21-7-3-2-6-20(17)21/h2-3,6-11,14,16,33H,1,4-5,12-13,15H2. The molecule has 0 aliphatic carbocycles. The molecule has 1 fully saturated rings. The number of rotatable bonds is 5. The average Bonchev–Trinajstić information content (AvgIpc) is 3.16. The third-order valence-corrected chi connectivity index (χ3v) is 7.96. The smallest absolute Gasteiger partial charge is 0.493 e. The van der Waals surface area contributed by atoms with Gasteiger partial charge < -0.3 is 10.0 Å². The number of hydrogen-bond donors (Lipinski definition) is 1. The van der Waals surface area contributed by atoms with Crippen LogP contribution in [0.3, 0.4) is 0 Å². The molecular formula is C25H23F3N4O4S. The molecule has 0 atom stereocenters. The molecule has 0 radical (unpaired) electrons. The van der Waals surface area contributed by atoms with Crippen LogP contribution in [0.1, 0.15) is 24.8 Å². The number of nitrogens with zero attached hydrogens (tertiary/aromatic N) is 4. The minimum absolute atomic E-state index is 0.0240. The van der Waals surface area contributed by atoms with Crippen molar-refractivity contribution in [3.63, 3.8) is 0 Å². The first-order chi connectivity index (χ1) is 17.6. The Morgan fingerprint density at radius 1 is 0.973 bits per heavy atom. The Morgan fingerprint density at radius 3 is 2.32 bits per heavy atom. The Labute approximate surface area is 210 Å². The summed E-state index contributed by atoms with van der Waals surface area (Å²) in [6.07, 6.45) is 4.55. The van der Waals surface area contributed by atoms with E-state index < -0.39 is 31.8 Å². The Kier molecular flexibility index (Phi) is 6.22. The fraction of sp³-hybridized carbons (Fsp3) is 0.280. The molecule has 5 rings (SSSR count). The van der Waals surface area contributed by atoms with Gasteiger partial charge in [0.1, 0.15) is 5.82 Å². The molecule has 37 heavy (non-hydrogen) atoms. The topological polar surface area (TPSA) is 97.4 Å². The lowest BCUT2D eigenvalue weighted by molar-refractivity contribution is -0.0436. The Balaban J connectivity index is 1.51. The number of fused-ring (bicyclic) bond motifs is 1. The van der Waals surface area contributed by atoms with Crippen molar-refractivity contribution >= 4 is 26.6 Å². The molecule has 194 valence electrons. The number of sulfone groups is 1. The minimum Gasteiger partial charge on any atom is -0.493 e. The van der Waals surface area contributed by atoms with Gasteiger partial charge in [0.15, 0.2) is 0 Å². The van der Waals surface area contributed by atoms with Crippen LogP contribution in [0.4, 0.5) is 19.0 Å². The van der Waals surface area contributed by atoms with Gasteiger partial charge in [0.2, 0.25) is 5.88 Å². The van der Waals surface area contributed by atoms with E-state index in [0.717, 1.165) is 77.0 Å². The van der Waals surface area contributed by atoms with E-state index in [1.165, 1.54) is 17.2 Å². The molecule has 2 aromatic carbocycles. The molecule has 1 N–H and O–H groups in total. The van der Waals surface area contributed by atoms with Crippen molar-refractivity contribution in [1.82, 2.24) is 14.1 Å². The molecular weight excluding hydrogens is 509 g/mol. The van der Waals surface area contributed by atoms with Gasteiger partial charge >= 0.3 is 11.2 Å². The molecule has 0 bridgehead atoms. The molecule has 0 amide bonds. The number of piperidine rings is 1. The summed E-state index contributed by atoms with van der Waals surface area (Å²) in [5.74, 6) is 0.373. The third-order valence-electron chi connectivity index (χ3n) is 6.46. The zero-order valence-corrected chi connectivity index (χ0v) is 20.3. The average molecular weight is 533 g/mol. The molecule has 1 aliphatic heterocycles. The van der Waals surface area contributed by atoms with E-state index in [9.17, 15) is 31.5 Å². The molecule has 3 heterocycles. The zero-order valence-electron chi connectivity index (χ0n) is 19.5. The lowest BCUT2D eigenvalue weighted by Crippen LogP contribution is -2.30. The van der Waals surface area contributed by atoms with Crippen molar-refractivity contribution < 1.29 is 26.7 Å². The van der Waals surface area contributed by atoms with Gasteiger partial charge in [0.05, 0.1) is 28.8 Å². The van der Waals surface area contributed by atoms with E-state index in [1.54, 1.807) is 0 Å². The predicted octanol–water partition coefficient (Wildman–Crippen LogP) is 4.22. The molecule has 1 aliphatic rings. The van der Waals surface area contributed by atoms with Gasteiger partial charge in [0.25, 0.3) is 9.84 Å². The number of benzene rings is 2. The summed E-state index contributed by atoms with van der Waals surface area (Å²) in [6, 6.07) is 13.1. The molecule has 0 unspecified atom stereocenters. The van der Waals surface area contributed by atoms with Gasteiger partial charge in [-0.15, -0.1) is 0 Å². The second kappa shape index (κ2) is 9.25. The van der Waals surface area contributed by atoms with E-state index in [-0.39, 0.29) is 12.2 Å². The maximum Gasteiger partial charge on any atom is 0.501 e. The van der Waals surface area contributed by atoms with E-state index in [2.05, 4.69) is 4.90 Å². The molecule has 1 saturated heterocycles. The van der Waals surface area contributed by atoms with E-state index in [0.29, 0.717) is 0 Å². The fourth-order valence-corrected chi connectivity index (χ4v) is 5.34. The van der Waals surface area contributed by atoms with Crippen molar-refractivity contribution in [2.24, 2.45) is 0 Å². The quantitative estimate of drug-likeness (QED) is 0.413. The maximum atomic E-state index is 13.2. The van der Waals surface area contributed by atoms with E-state index in [1.807, 2.05) is 30.3 Å². The van der Waals surface area contributed by atoms with Gasteiger partial charge in [-0.05, 0) is 61.2 Å². The highest BCUT2D eigenvalue weighted by atomic mass is 32.2. The van der Waals surface area contributed by atoms with Crippen molar-refractivity contribution in [2.75, 3.05) is 18.0 Å². The van der Waals surface area contributed by atoms with Crippen LogP contribution in [0.25, 0.3) is 16.6 Å². The summed E-state index contributed by atoms with van der Waals surface area (Å²) in [7, 11) is -5.53. The molecule has 0 saturated carbocycles. The summed E-state index contributed by atoms with van der Waals surface area (Å²) in [4.78, 5) is 19.2. The van der Waals surface area contributed by atoms with Gasteiger partial charge in [-0.25, -0.2) is 22.8 Å². The molecule has 2 aromatic heterocycles. The van der Waals surface area contributed by atoms with Crippen LogP contribution < -0.4 is 10.6 Å². The Hall–Kier alpha value is -3.80. The number of pyridine rings is 1. The summed E-state index contributed by atoms with van der Waals surface area (Å²) in [6.45, 7) is 1.90. The number of imidazole rings is 1. The number of para-hydroxylation sites is 1. The third kappa shape index (κ3) is 4.57. The molecule has 0 spiro atoms. The highest BCUT2D eigenvalue weighted by Gasteiger charge is 2.46. The Bertz CT molecular complexity index is 1620. The van der Waals surface area contributed by atoms with Crippen LogP contribution in [0.2, 0.25) is 0 Å². The number of hydrogen-bond acceptors (Lipinski definition) is 6. The number of anilines is 1. The van der Waals surface area contributed by atoms with Crippen LogP contribution in [0.15, 0.2) is 70.5 Å². The minimum atomic E-state index is -5.53. The first-order valence-corrected chi connectivity index (χ1v) is 13.1. The second-order valence-electron chi connectivity index (χ2n) is 8.88. The van der Waals surface area contributed by atoms with Crippen LogP contribution >= 0.6 is 0 Å². The van der Waals surface area contributed by atoms with E-state index >= 15 is 0 Å². The van der Waals surface area contributed by atoms with Crippen molar-refractivity contribution in [1.29, 1.82) is 0 Å². The molecule has 4 aromatic rings. The van der Waals surface area contributed by atoms with Crippen molar-refractivity contribution in [3.05, 3.63) is 76.8 Å². The second-order valence-corrected chi connectivity index (χ2v) is 10.8.